The van der Waals surface area contributed by atoms with Crippen molar-refractivity contribution in [1.82, 2.24) is 4.98 Å². The first kappa shape index (κ1) is 13.4. The molecule has 0 radical (unpaired) electrons. The smallest absolute Gasteiger partial charge is 0.269 e. The average Bonchev–Trinajstić information content (AvgIpc) is 3.03. The van der Waals surface area contributed by atoms with Crippen molar-refractivity contribution in [3.63, 3.8) is 0 Å². The Labute approximate surface area is 122 Å². The van der Waals surface area contributed by atoms with Crippen molar-refractivity contribution < 1.29 is 14.3 Å². The maximum Gasteiger partial charge on any atom is 0.269 e. The number of benzene rings is 1. The molecule has 0 saturated carbocycles. The minimum Gasteiger partial charge on any atom is -0.493 e. The second-order valence-corrected chi connectivity index (χ2v) is 5.39. The van der Waals surface area contributed by atoms with Gasteiger partial charge in [-0.1, -0.05) is 6.07 Å². The molecule has 1 amide bonds. The normalized spacial score (nSPS) is 11.5. The average molecular weight is 303 g/mol. The zero-order valence-electron chi connectivity index (χ0n) is 10.7. The van der Waals surface area contributed by atoms with Gasteiger partial charge < -0.3 is 10.1 Å². The number of carbonyl (C=O) groups is 1. The minimum atomic E-state index is -0.430. The molecule has 21 heavy (non-hydrogen) atoms. The van der Waals surface area contributed by atoms with E-state index in [2.05, 4.69) is 15.2 Å². The maximum absolute atomic E-state index is 13.1. The first-order valence-electron chi connectivity index (χ1n) is 6.10. The second-order valence-electron chi connectivity index (χ2n) is 4.36. The highest BCUT2D eigenvalue weighted by Gasteiger charge is 2.11. The Balaban J connectivity index is 1.85. The fourth-order valence-electron chi connectivity index (χ4n) is 1.95. The second kappa shape index (κ2) is 5.45. The van der Waals surface area contributed by atoms with Gasteiger partial charge in [0.05, 0.1) is 11.9 Å². The van der Waals surface area contributed by atoms with Gasteiger partial charge in [-0.05, 0) is 29.6 Å². The molecule has 0 atom stereocenters. The standard InChI is InChI=1S/C14H10FN3O2S/c15-8-3-4-10-11(6-8)16-14(20)13(10)18-17-12(19)7-9-2-1-5-21-9/h1-6,16,20H,7H2. The number of hydrogen-bond donors (Lipinski definition) is 2. The molecule has 7 heteroatoms. The van der Waals surface area contributed by atoms with Gasteiger partial charge in [0.25, 0.3) is 5.91 Å². The summed E-state index contributed by atoms with van der Waals surface area (Å²) in [4.78, 5) is 15.2. The third kappa shape index (κ3) is 2.82. The number of H-pyrrole nitrogens is 1. The van der Waals surface area contributed by atoms with Crippen LogP contribution >= 0.6 is 11.3 Å². The van der Waals surface area contributed by atoms with E-state index in [1.807, 2.05) is 17.5 Å². The van der Waals surface area contributed by atoms with Crippen LogP contribution in [0.1, 0.15) is 4.88 Å². The molecule has 0 aliphatic carbocycles. The molecule has 106 valence electrons. The molecule has 5 nitrogen and oxygen atoms in total. The Morgan fingerprint density at radius 1 is 1.38 bits per heavy atom. The van der Waals surface area contributed by atoms with E-state index in [0.29, 0.717) is 10.9 Å². The Bertz CT molecular complexity index is 824. The fraction of sp³-hybridized carbons (Fsp3) is 0.0714. The molecule has 0 fully saturated rings. The van der Waals surface area contributed by atoms with Gasteiger partial charge in [0, 0.05) is 10.3 Å². The van der Waals surface area contributed by atoms with E-state index in [4.69, 9.17) is 0 Å². The number of nitrogens with one attached hydrogen (secondary N) is 1. The number of halogens is 1. The Hall–Kier alpha value is -2.54. The fourth-order valence-corrected chi connectivity index (χ4v) is 2.64. The van der Waals surface area contributed by atoms with Crippen molar-refractivity contribution in [1.29, 1.82) is 0 Å². The number of rotatable bonds is 3. The molecule has 2 N–H and O–H groups in total. The molecule has 3 rings (SSSR count). The third-order valence-corrected chi connectivity index (χ3v) is 3.76. The predicted molar refractivity (Wildman–Crippen MR) is 77.5 cm³/mol. The van der Waals surface area contributed by atoms with Gasteiger partial charge in [-0.25, -0.2) is 4.39 Å². The highest BCUT2D eigenvalue weighted by Crippen LogP contribution is 2.35. The number of azo groups is 1. The summed E-state index contributed by atoms with van der Waals surface area (Å²) in [5.41, 5.74) is 0.525. The number of nitrogens with zero attached hydrogens (tertiary/aromatic N) is 2. The molecular weight excluding hydrogens is 293 g/mol. The van der Waals surface area contributed by atoms with Gasteiger partial charge in [0.1, 0.15) is 5.82 Å². The number of thiophene rings is 1. The number of carbonyl (C=O) groups excluding carboxylic acids is 1. The SMILES string of the molecule is O=C(Cc1cccs1)N=Nc1c(O)[nH]c2cc(F)ccc12. The van der Waals surface area contributed by atoms with Gasteiger partial charge >= 0.3 is 0 Å². The lowest BCUT2D eigenvalue weighted by Crippen LogP contribution is -1.95. The van der Waals surface area contributed by atoms with Crippen LogP contribution in [0.3, 0.4) is 0 Å². The maximum atomic E-state index is 13.1. The summed E-state index contributed by atoms with van der Waals surface area (Å²) >= 11 is 1.46. The number of aromatic hydroxyl groups is 1. The number of fused-ring (bicyclic) bond motifs is 1. The molecule has 0 bridgehead atoms. The summed E-state index contributed by atoms with van der Waals surface area (Å²) in [5.74, 6) is -1.09. The van der Waals surface area contributed by atoms with Crippen LogP contribution in [0.25, 0.3) is 10.9 Å². The lowest BCUT2D eigenvalue weighted by Gasteiger charge is -1.92. The van der Waals surface area contributed by atoms with Gasteiger partial charge in [-0.2, -0.15) is 0 Å². The Morgan fingerprint density at radius 3 is 3.00 bits per heavy atom. The van der Waals surface area contributed by atoms with Crippen molar-refractivity contribution in [3.8, 4) is 5.88 Å². The van der Waals surface area contributed by atoms with Crippen molar-refractivity contribution in [2.75, 3.05) is 0 Å². The van der Waals surface area contributed by atoms with Crippen LogP contribution in [-0.2, 0) is 11.2 Å². The highest BCUT2D eigenvalue weighted by molar-refractivity contribution is 7.10. The van der Waals surface area contributed by atoms with E-state index in [0.717, 1.165) is 4.88 Å². The van der Waals surface area contributed by atoms with Crippen LogP contribution in [0.2, 0.25) is 0 Å². The van der Waals surface area contributed by atoms with E-state index in [9.17, 15) is 14.3 Å². The molecule has 0 unspecified atom stereocenters. The van der Waals surface area contributed by atoms with Gasteiger partial charge in [0.15, 0.2) is 5.69 Å². The first-order chi connectivity index (χ1) is 10.1. The van der Waals surface area contributed by atoms with Gasteiger partial charge in [0.2, 0.25) is 5.88 Å². The summed E-state index contributed by atoms with van der Waals surface area (Å²) < 4.78 is 13.1. The minimum absolute atomic E-state index is 0.129. The molecule has 3 aromatic rings. The number of aromatic nitrogens is 1. The van der Waals surface area contributed by atoms with E-state index < -0.39 is 11.7 Å². The van der Waals surface area contributed by atoms with Crippen LogP contribution in [-0.4, -0.2) is 16.0 Å². The van der Waals surface area contributed by atoms with Crippen LogP contribution in [0.15, 0.2) is 45.9 Å². The topological polar surface area (TPSA) is 77.8 Å². The van der Waals surface area contributed by atoms with Crippen molar-refractivity contribution >= 4 is 33.8 Å². The molecule has 2 heterocycles. The Kier molecular flexibility index (Phi) is 3.49. The van der Waals surface area contributed by atoms with E-state index in [1.165, 1.54) is 29.5 Å². The largest absolute Gasteiger partial charge is 0.493 e. The number of aromatic amines is 1. The molecule has 0 saturated heterocycles. The van der Waals surface area contributed by atoms with Gasteiger partial charge in [-0.3, -0.25) is 4.79 Å². The van der Waals surface area contributed by atoms with Crippen LogP contribution in [0.4, 0.5) is 10.1 Å². The first-order valence-corrected chi connectivity index (χ1v) is 6.98. The van der Waals surface area contributed by atoms with E-state index in [-0.39, 0.29) is 18.0 Å². The van der Waals surface area contributed by atoms with E-state index >= 15 is 0 Å². The molecule has 0 aliphatic rings. The quantitative estimate of drug-likeness (QED) is 0.719. The van der Waals surface area contributed by atoms with Crippen molar-refractivity contribution in [2.45, 2.75) is 6.42 Å². The summed E-state index contributed by atoms with van der Waals surface area (Å²) in [6.45, 7) is 0. The number of hydrogen-bond acceptors (Lipinski definition) is 4. The van der Waals surface area contributed by atoms with Crippen LogP contribution in [0.5, 0.6) is 5.88 Å². The van der Waals surface area contributed by atoms with Crippen LogP contribution in [0, 0.1) is 5.82 Å². The Morgan fingerprint density at radius 2 is 2.24 bits per heavy atom. The zero-order chi connectivity index (χ0) is 14.8. The van der Waals surface area contributed by atoms with E-state index in [1.54, 1.807) is 0 Å². The summed E-state index contributed by atoms with van der Waals surface area (Å²) in [5, 5.41) is 19.5. The summed E-state index contributed by atoms with van der Waals surface area (Å²) in [7, 11) is 0. The molecule has 0 spiro atoms. The molecule has 2 aromatic heterocycles. The van der Waals surface area contributed by atoms with Gasteiger partial charge in [-0.15, -0.1) is 21.6 Å². The summed E-state index contributed by atoms with van der Waals surface area (Å²) in [6, 6.07) is 7.65. The molecule has 1 aromatic carbocycles. The molecular formula is C14H10FN3O2S. The third-order valence-electron chi connectivity index (χ3n) is 2.88. The number of amides is 1. The lowest BCUT2D eigenvalue weighted by atomic mass is 10.2. The molecule has 0 aliphatic heterocycles. The van der Waals surface area contributed by atoms with Crippen molar-refractivity contribution in [3.05, 3.63) is 46.4 Å². The highest BCUT2D eigenvalue weighted by atomic mass is 32.1. The zero-order valence-corrected chi connectivity index (χ0v) is 11.5. The summed E-state index contributed by atoms with van der Waals surface area (Å²) in [6.07, 6.45) is 0.166. The lowest BCUT2D eigenvalue weighted by molar-refractivity contribution is -0.117. The monoisotopic (exact) mass is 303 g/mol. The predicted octanol–water partition coefficient (Wildman–Crippen LogP) is 3.93. The van der Waals surface area contributed by atoms with Crippen molar-refractivity contribution in [2.24, 2.45) is 10.2 Å². The van der Waals surface area contributed by atoms with Crippen LogP contribution < -0.4 is 0 Å².